The summed E-state index contributed by atoms with van der Waals surface area (Å²) in [6.45, 7) is 4.42. The van der Waals surface area contributed by atoms with Crippen molar-refractivity contribution in [2.75, 3.05) is 0 Å². The summed E-state index contributed by atoms with van der Waals surface area (Å²) in [5.41, 5.74) is 1.47. The first-order chi connectivity index (χ1) is 4.14. The van der Waals surface area contributed by atoms with E-state index in [2.05, 4.69) is 52.5 Å². The Morgan fingerprint density at radius 2 is 2.00 bits per heavy atom. The van der Waals surface area contributed by atoms with Crippen molar-refractivity contribution in [1.82, 2.24) is 0 Å². The minimum absolute atomic E-state index is 0. The van der Waals surface area contributed by atoms with Gasteiger partial charge in [-0.2, -0.15) is 0 Å². The predicted octanol–water partition coefficient (Wildman–Crippen LogP) is -3.37. The molecule has 11 heavy (non-hydrogen) atoms. The maximum atomic E-state index is 2.33. The van der Waals surface area contributed by atoms with Gasteiger partial charge in [-0.15, -0.1) is 0 Å². The fourth-order valence-corrected chi connectivity index (χ4v) is 1.40. The van der Waals surface area contributed by atoms with Gasteiger partial charge in [0.15, 0.2) is 0 Å². The Morgan fingerprint density at radius 3 is 2.18 bits per heavy atom. The second-order valence-corrected chi connectivity index (χ2v) is 4.37. The van der Waals surface area contributed by atoms with Crippen molar-refractivity contribution in [3.8, 4) is 0 Å². The second kappa shape index (κ2) is 5.43. The maximum absolute atomic E-state index is 2.33. The normalized spacial score (nSPS) is 27.1. The van der Waals surface area contributed by atoms with E-state index < -0.39 is 0 Å². The molecule has 0 amide bonds. The molecule has 0 spiro atoms. The van der Waals surface area contributed by atoms with Crippen molar-refractivity contribution in [2.24, 2.45) is 0 Å². The van der Waals surface area contributed by atoms with Crippen molar-refractivity contribution in [2.45, 2.75) is 24.0 Å². The van der Waals surface area contributed by atoms with Gasteiger partial charge in [0.05, 0.1) is 0 Å². The molecule has 0 N–H and O–H groups in total. The van der Waals surface area contributed by atoms with E-state index >= 15 is 0 Å². The Bertz CT molecular complexity index is 171. The number of rotatable bonds is 1. The molecule has 0 bridgehead atoms. The van der Waals surface area contributed by atoms with Gasteiger partial charge < -0.3 is 24.8 Å². The molecule has 3 heteroatoms. The Balaban J connectivity index is 0. The van der Waals surface area contributed by atoms with Gasteiger partial charge >= 0.3 is 68.2 Å². The van der Waals surface area contributed by atoms with Crippen molar-refractivity contribution in [3.63, 3.8) is 0 Å². The van der Waals surface area contributed by atoms with Crippen LogP contribution in [-0.4, -0.2) is 0 Å². The fourth-order valence-electron chi connectivity index (χ4n) is 0.981. The second-order valence-electron chi connectivity index (χ2n) is 2.69. The maximum Gasteiger partial charge on any atom is -1.00 e. The van der Waals surface area contributed by atoms with Gasteiger partial charge in [-0.25, -0.2) is 0 Å². The zero-order valence-electron chi connectivity index (χ0n) is 6.70. The molecule has 0 saturated carbocycles. The Labute approximate surface area is 92.7 Å². The van der Waals surface area contributed by atoms with E-state index in [0.717, 1.165) is 0 Å². The third-order valence-corrected chi connectivity index (χ3v) is 2.02. The molecule has 0 aromatic carbocycles. The number of halogens is 2. The molecule has 1 aliphatic carbocycles. The first-order valence-electron chi connectivity index (χ1n) is 3.30. The zero-order valence-corrected chi connectivity index (χ0v) is 9.77. The van der Waals surface area contributed by atoms with Crippen LogP contribution in [0.3, 0.4) is 0 Å². The Kier molecular flexibility index (Phi) is 7.06. The summed E-state index contributed by atoms with van der Waals surface area (Å²) >= 11 is 2.23. The summed E-state index contributed by atoms with van der Waals surface area (Å²) < 4.78 is 0.325. The molecule has 0 nitrogen and oxygen atoms in total. The smallest absolute Gasteiger partial charge is 1.00 e. The summed E-state index contributed by atoms with van der Waals surface area (Å²) in [5, 5.41) is 0. The van der Waals surface area contributed by atoms with Crippen LogP contribution in [0.25, 0.3) is 0 Å². The first kappa shape index (κ1) is 14.3. The summed E-state index contributed by atoms with van der Waals surface area (Å²) in [7, 11) is 0. The van der Waals surface area contributed by atoms with Gasteiger partial charge in [-0.1, -0.05) is 0 Å². The molecule has 0 saturated heterocycles. The minimum Gasteiger partial charge on any atom is -1.00 e. The van der Waals surface area contributed by atoms with E-state index in [1.807, 2.05) is 0 Å². The molecule has 0 heterocycles. The summed E-state index contributed by atoms with van der Waals surface area (Å²) in [4.78, 5) is 0. The number of hydrogen-bond acceptors (Lipinski definition) is 0. The molecular weight excluding hydrogens is 215 g/mol. The zero-order chi connectivity index (χ0) is 6.91. The quantitative estimate of drug-likeness (QED) is 0.409. The van der Waals surface area contributed by atoms with Crippen molar-refractivity contribution in [1.29, 1.82) is 0 Å². The van der Waals surface area contributed by atoms with Crippen LogP contribution in [0, 0.1) is 0 Å². The van der Waals surface area contributed by atoms with Crippen LogP contribution < -0.4 is 24.8 Å². The average Bonchev–Trinajstić information content (AvgIpc) is 2.10. The van der Waals surface area contributed by atoms with E-state index in [1.165, 1.54) is 12.0 Å². The molecule has 1 rings (SSSR count). The summed E-state index contributed by atoms with van der Waals surface area (Å²) in [5.74, 6) is 0. The van der Waals surface area contributed by atoms with Gasteiger partial charge in [-0.05, 0) is 0 Å². The van der Waals surface area contributed by atoms with Crippen LogP contribution in [0.1, 0.15) is 20.3 Å². The van der Waals surface area contributed by atoms with Crippen LogP contribution in [0.4, 0.5) is 0 Å². The van der Waals surface area contributed by atoms with Gasteiger partial charge in [0.2, 0.25) is 0 Å². The average molecular weight is 226 g/mol. The van der Waals surface area contributed by atoms with Crippen LogP contribution >= 0.6 is 0 Å². The SMILES string of the molecule is CCC1=C[C](C)([Ti+2])C=C1.[Cl-].[Cl-]. The van der Waals surface area contributed by atoms with Gasteiger partial charge in [0.25, 0.3) is 0 Å². The van der Waals surface area contributed by atoms with Gasteiger partial charge in [0, 0.05) is 0 Å². The van der Waals surface area contributed by atoms with E-state index in [-0.39, 0.29) is 24.8 Å². The molecule has 0 aromatic rings. The molecule has 1 atom stereocenters. The molecule has 0 fully saturated rings. The van der Waals surface area contributed by atoms with Crippen LogP contribution in [0.2, 0.25) is 3.72 Å². The summed E-state index contributed by atoms with van der Waals surface area (Å²) in [6.07, 6.45) is 7.97. The van der Waals surface area contributed by atoms with Gasteiger partial charge in [-0.3, -0.25) is 0 Å². The minimum atomic E-state index is 0. The first-order valence-corrected chi connectivity index (χ1v) is 4.08. The number of allylic oxidation sites excluding steroid dienone is 4. The molecule has 1 unspecified atom stereocenters. The molecular formula is C8H11Cl2Ti. The molecule has 0 radical (unpaired) electrons. The van der Waals surface area contributed by atoms with Gasteiger partial charge in [0.1, 0.15) is 0 Å². The standard InChI is InChI=1S/C8H11.2ClH.Ti/c1-3-8-5-4-7(2)6-8;;;/h4-6H,3H2,1-2H3;2*1H;/q;;;+2/p-2. The monoisotopic (exact) mass is 225 g/mol. The topological polar surface area (TPSA) is 0 Å². The van der Waals surface area contributed by atoms with Crippen molar-refractivity contribution < 1.29 is 45.2 Å². The third-order valence-electron chi connectivity index (χ3n) is 1.54. The van der Waals surface area contributed by atoms with E-state index in [1.54, 1.807) is 0 Å². The van der Waals surface area contributed by atoms with Crippen LogP contribution in [0.15, 0.2) is 23.8 Å². The predicted molar refractivity (Wildman–Crippen MR) is 35.9 cm³/mol. The van der Waals surface area contributed by atoms with Crippen molar-refractivity contribution >= 4 is 0 Å². The van der Waals surface area contributed by atoms with Crippen molar-refractivity contribution in [3.05, 3.63) is 23.8 Å². The van der Waals surface area contributed by atoms with E-state index in [9.17, 15) is 0 Å². The molecule has 0 aromatic heterocycles. The Morgan fingerprint density at radius 1 is 1.45 bits per heavy atom. The molecule has 61 valence electrons. The van der Waals surface area contributed by atoms with Crippen LogP contribution in [-0.2, 0) is 20.4 Å². The summed E-state index contributed by atoms with van der Waals surface area (Å²) in [6, 6.07) is 0. The van der Waals surface area contributed by atoms with E-state index in [0.29, 0.717) is 3.72 Å². The molecule has 0 aliphatic heterocycles. The number of hydrogen-bond donors (Lipinski definition) is 0. The third kappa shape index (κ3) is 4.37. The van der Waals surface area contributed by atoms with E-state index in [4.69, 9.17) is 0 Å². The molecule has 1 aliphatic rings. The Hall–Kier alpha value is 0.774. The largest absolute Gasteiger partial charge is 1.00 e. The fraction of sp³-hybridized carbons (Fsp3) is 0.500. The van der Waals surface area contributed by atoms with Crippen LogP contribution in [0.5, 0.6) is 0 Å².